The van der Waals surface area contributed by atoms with Crippen LogP contribution in [0.5, 0.6) is 0 Å². The number of hydrogen-bond acceptors (Lipinski definition) is 14. The molecule has 0 heterocycles. The van der Waals surface area contributed by atoms with Gasteiger partial charge in [-0.05, 0) is 154 Å². The number of phosphoric ester groups is 2. The molecule has 18 heteroatoms. The van der Waals surface area contributed by atoms with Crippen molar-refractivity contribution in [1.82, 2.24) is 0 Å². The molecule has 16 nitrogen and oxygen atoms in total. The second-order valence-electron chi connectivity index (χ2n) is 31.4. The first-order valence-corrected chi connectivity index (χ1v) is 50.4. The average Bonchev–Trinajstić information content (AvgIpc) is 0.898. The van der Waals surface area contributed by atoms with Gasteiger partial charge in [-0.1, -0.05) is 390 Å². The fourth-order valence-electron chi connectivity index (χ4n) is 12.8. The van der Waals surface area contributed by atoms with Crippen molar-refractivity contribution in [2.45, 2.75) is 411 Å². The van der Waals surface area contributed by atoms with Crippen LogP contribution in [0.2, 0.25) is 0 Å². The molecule has 0 rings (SSSR count). The standard InChI is InChI=1S/C101H172O16P2/c1-4-7-10-13-16-19-22-25-28-30-32-34-36-38-40-42-44-46-47-49-51-52-54-56-58-60-62-64-67-69-72-75-78-81-84-87-99(104)111-90-96(102)91-113-118(107,108)114-92-97(103)93-115-119(109,110)116-95-98(117-101(106)89-86-83-80-77-74-71-66-27-24-21-18-15-12-9-6-3)94-112-100(105)88-85-82-79-76-73-70-68-65-63-61-59-57-55-53-50-48-45-43-41-39-37-35-33-31-29-26-23-20-17-14-11-8-5-2/h7-8,10-11,16-21,25-29,32-35,38-41,44-46,48,66,96-98,102-103H,4-6,9,12-15,22-24,30-31,36-37,42-43,47,49-65,67-95H2,1-3H3,(H,107,108)(H,109,110)/b10-7-,11-8-,19-16-,20-17-,21-18-,28-25-,29-26-,34-32-,35-33-,40-38-,41-39-,46-44-,48-45-,66-27-. The molecule has 0 radical (unpaired) electrons. The molecule has 0 amide bonds. The number of hydrogen-bond donors (Lipinski definition) is 4. The molecule has 0 aromatic rings. The molecule has 0 saturated carbocycles. The molecular formula is C101H172O16P2. The van der Waals surface area contributed by atoms with E-state index in [4.69, 9.17) is 32.3 Å². The minimum absolute atomic E-state index is 0.0867. The normalized spacial score (nSPS) is 14.5. The molecular weight excluding hydrogens is 1530 g/mol. The number of ether oxygens (including phenoxy) is 3. The summed E-state index contributed by atoms with van der Waals surface area (Å²) in [4.78, 5) is 58.9. The van der Waals surface area contributed by atoms with Crippen molar-refractivity contribution in [2.75, 3.05) is 39.6 Å². The maximum atomic E-state index is 13.0. The highest BCUT2D eigenvalue weighted by Gasteiger charge is 2.30. The van der Waals surface area contributed by atoms with Gasteiger partial charge in [0.2, 0.25) is 0 Å². The topological polar surface area (TPSA) is 231 Å². The van der Waals surface area contributed by atoms with Crippen LogP contribution in [0.4, 0.5) is 0 Å². The summed E-state index contributed by atoms with van der Waals surface area (Å²) in [7, 11) is -9.81. The van der Waals surface area contributed by atoms with Gasteiger partial charge in [0.15, 0.2) is 6.10 Å². The van der Waals surface area contributed by atoms with Gasteiger partial charge >= 0.3 is 33.6 Å². The van der Waals surface area contributed by atoms with Gasteiger partial charge in [-0.25, -0.2) is 9.13 Å². The lowest BCUT2D eigenvalue weighted by molar-refractivity contribution is -0.161. The SMILES string of the molecule is CC/C=C\C/C=C\C/C=C\C/C=C\C/C=C\C/C=C\CCCCCCCCCCCCCCCCCCC(=O)OCC(O)COP(=O)(O)OCC(O)COP(=O)(O)OCC(COC(=O)CCCCCCCCCCCCCCCC/C=C\C/C=C\C/C=C\C/C=C\C/C=C\C/C=C\CC)OC(=O)CCCCCCC/C=C\C/C=C\CCCCC. The van der Waals surface area contributed by atoms with Crippen molar-refractivity contribution in [3.63, 3.8) is 0 Å². The molecule has 0 aliphatic heterocycles. The first-order valence-electron chi connectivity index (χ1n) is 47.4. The fourth-order valence-corrected chi connectivity index (χ4v) is 14.4. The van der Waals surface area contributed by atoms with Crippen LogP contribution >= 0.6 is 15.6 Å². The van der Waals surface area contributed by atoms with Gasteiger partial charge in [0, 0.05) is 19.3 Å². The van der Waals surface area contributed by atoms with Crippen LogP contribution in [0.25, 0.3) is 0 Å². The van der Waals surface area contributed by atoms with E-state index >= 15 is 0 Å². The predicted molar refractivity (Wildman–Crippen MR) is 500 cm³/mol. The van der Waals surface area contributed by atoms with E-state index in [1.165, 1.54) is 161 Å². The fraction of sp³-hybridized carbons (Fsp3) is 0.693. The highest BCUT2D eigenvalue weighted by atomic mass is 31.2. The van der Waals surface area contributed by atoms with Crippen molar-refractivity contribution in [1.29, 1.82) is 0 Å². The van der Waals surface area contributed by atoms with E-state index in [2.05, 4.69) is 191 Å². The van der Waals surface area contributed by atoms with E-state index < -0.39 is 91.5 Å². The molecule has 0 aromatic carbocycles. The molecule has 0 saturated heterocycles. The Morgan fingerprint density at radius 1 is 0.244 bits per heavy atom. The summed E-state index contributed by atoms with van der Waals surface area (Å²) in [5.41, 5.74) is 0. The molecule has 0 aliphatic rings. The van der Waals surface area contributed by atoms with Gasteiger partial charge in [-0.3, -0.25) is 32.5 Å². The van der Waals surface area contributed by atoms with Gasteiger partial charge in [0.1, 0.15) is 25.4 Å². The van der Waals surface area contributed by atoms with Crippen LogP contribution in [0.1, 0.15) is 393 Å². The van der Waals surface area contributed by atoms with Gasteiger partial charge in [-0.2, -0.15) is 0 Å². The minimum atomic E-state index is -4.94. The predicted octanol–water partition coefficient (Wildman–Crippen LogP) is 29.4. The number of carbonyl (C=O) groups is 3. The summed E-state index contributed by atoms with van der Waals surface area (Å²) >= 11 is 0. The number of allylic oxidation sites excluding steroid dienone is 28. The maximum absolute atomic E-state index is 13.0. The van der Waals surface area contributed by atoms with Crippen molar-refractivity contribution in [3.8, 4) is 0 Å². The third kappa shape index (κ3) is 93.5. The molecule has 0 aliphatic carbocycles. The second-order valence-corrected chi connectivity index (χ2v) is 34.3. The third-order valence-electron chi connectivity index (χ3n) is 19.9. The highest BCUT2D eigenvalue weighted by Crippen LogP contribution is 2.45. The molecule has 119 heavy (non-hydrogen) atoms. The molecule has 0 fully saturated rings. The molecule has 4 N–H and O–H groups in total. The Kier molecular flexibility index (Phi) is 88.2. The van der Waals surface area contributed by atoms with E-state index in [0.717, 1.165) is 173 Å². The number of esters is 3. The summed E-state index contributed by atoms with van der Waals surface area (Å²) in [6.07, 6.45) is 120. The maximum Gasteiger partial charge on any atom is 0.472 e. The van der Waals surface area contributed by atoms with Crippen LogP contribution in [-0.4, -0.2) is 95.9 Å². The van der Waals surface area contributed by atoms with E-state index in [1.807, 2.05) is 0 Å². The van der Waals surface area contributed by atoms with Gasteiger partial charge in [-0.15, -0.1) is 0 Å². The van der Waals surface area contributed by atoms with Gasteiger partial charge in [0.05, 0.1) is 26.4 Å². The zero-order chi connectivity index (χ0) is 86.5. The number of rotatable bonds is 89. The lowest BCUT2D eigenvalue weighted by Gasteiger charge is -2.21. The van der Waals surface area contributed by atoms with Crippen molar-refractivity contribution >= 4 is 33.6 Å². The number of aliphatic hydroxyl groups excluding tert-OH is 2. The molecule has 5 atom stereocenters. The first-order chi connectivity index (χ1) is 58.2. The summed E-state index contributed by atoms with van der Waals surface area (Å²) in [5, 5.41) is 20.7. The smallest absolute Gasteiger partial charge is 0.463 e. The molecule has 0 spiro atoms. The van der Waals surface area contributed by atoms with Gasteiger partial charge in [0.25, 0.3) is 0 Å². The van der Waals surface area contributed by atoms with E-state index in [9.17, 15) is 43.5 Å². The number of phosphoric acid groups is 2. The van der Waals surface area contributed by atoms with Gasteiger partial charge < -0.3 is 34.2 Å². The minimum Gasteiger partial charge on any atom is -0.463 e. The Hall–Kier alpha value is -5.09. The number of carbonyl (C=O) groups excluding carboxylic acids is 3. The second kappa shape index (κ2) is 92.1. The monoisotopic (exact) mass is 1700 g/mol. The summed E-state index contributed by atoms with van der Waals surface area (Å²) in [5.74, 6) is -1.58. The number of aliphatic hydroxyl groups is 2. The average molecular weight is 1700 g/mol. The molecule has 5 unspecified atom stereocenters. The quantitative estimate of drug-likeness (QED) is 0.0146. The van der Waals surface area contributed by atoms with Crippen LogP contribution in [0.3, 0.4) is 0 Å². The zero-order valence-corrected chi connectivity index (χ0v) is 77.0. The lowest BCUT2D eigenvalue weighted by atomic mass is 10.0. The largest absolute Gasteiger partial charge is 0.472 e. The molecule has 0 aromatic heterocycles. The Morgan fingerprint density at radius 3 is 0.706 bits per heavy atom. The summed E-state index contributed by atoms with van der Waals surface area (Å²) in [6.45, 7) is 2.45. The number of unbranched alkanes of at least 4 members (excludes halogenated alkanes) is 38. The lowest BCUT2D eigenvalue weighted by Crippen LogP contribution is -2.30. The van der Waals surface area contributed by atoms with E-state index in [1.54, 1.807) is 0 Å². The van der Waals surface area contributed by atoms with Crippen LogP contribution < -0.4 is 0 Å². The van der Waals surface area contributed by atoms with Crippen LogP contribution in [0, 0.1) is 0 Å². The Bertz CT molecular complexity index is 2840. The van der Waals surface area contributed by atoms with Crippen molar-refractivity contribution < 1.29 is 75.8 Å². The van der Waals surface area contributed by atoms with E-state index in [-0.39, 0.29) is 19.3 Å². The highest BCUT2D eigenvalue weighted by molar-refractivity contribution is 7.47. The van der Waals surface area contributed by atoms with Crippen LogP contribution in [0.15, 0.2) is 170 Å². The third-order valence-corrected chi connectivity index (χ3v) is 21.8. The Morgan fingerprint density at radius 2 is 0.445 bits per heavy atom. The first kappa shape index (κ1) is 114. The zero-order valence-electron chi connectivity index (χ0n) is 75.2. The summed E-state index contributed by atoms with van der Waals surface area (Å²) < 4.78 is 61.4. The van der Waals surface area contributed by atoms with Crippen molar-refractivity contribution in [3.05, 3.63) is 170 Å². The molecule has 682 valence electrons. The Balaban J connectivity index is 4.43. The van der Waals surface area contributed by atoms with Crippen molar-refractivity contribution in [2.24, 2.45) is 0 Å². The van der Waals surface area contributed by atoms with E-state index in [0.29, 0.717) is 19.3 Å². The summed E-state index contributed by atoms with van der Waals surface area (Å²) in [6, 6.07) is 0. The Labute approximate surface area is 726 Å². The van der Waals surface area contributed by atoms with Crippen LogP contribution in [-0.2, 0) is 55.8 Å². The molecule has 0 bridgehead atoms.